The van der Waals surface area contributed by atoms with E-state index >= 15 is 0 Å². The summed E-state index contributed by atoms with van der Waals surface area (Å²) in [7, 11) is 0. The number of amides is 2. The van der Waals surface area contributed by atoms with Gasteiger partial charge in [-0.15, -0.1) is 11.3 Å². The van der Waals surface area contributed by atoms with Crippen molar-refractivity contribution < 1.29 is 14.0 Å². The third-order valence-corrected chi connectivity index (χ3v) is 5.32. The predicted octanol–water partition coefficient (Wildman–Crippen LogP) is 4.24. The number of likely N-dealkylation sites (tertiary alicyclic amines) is 1. The molecule has 1 fully saturated rings. The molecule has 142 valence electrons. The first-order chi connectivity index (χ1) is 13.0. The van der Waals surface area contributed by atoms with E-state index in [1.807, 2.05) is 4.90 Å². The number of para-hydroxylation sites is 1. The molecule has 1 atom stereocenters. The lowest BCUT2D eigenvalue weighted by Crippen LogP contribution is -2.38. The van der Waals surface area contributed by atoms with Gasteiger partial charge in [0.2, 0.25) is 11.8 Å². The van der Waals surface area contributed by atoms with Crippen molar-refractivity contribution in [2.75, 3.05) is 18.0 Å². The van der Waals surface area contributed by atoms with Crippen LogP contribution >= 0.6 is 11.3 Å². The minimum Gasteiger partial charge on any atom is -0.339 e. The van der Waals surface area contributed by atoms with E-state index in [0.29, 0.717) is 16.7 Å². The van der Waals surface area contributed by atoms with Gasteiger partial charge in [0.15, 0.2) is 5.13 Å². The van der Waals surface area contributed by atoms with E-state index < -0.39 is 5.82 Å². The zero-order valence-corrected chi connectivity index (χ0v) is 16.2. The highest BCUT2D eigenvalue weighted by Gasteiger charge is 2.21. The number of rotatable bonds is 4. The largest absolute Gasteiger partial charge is 0.339 e. The molecule has 1 aliphatic rings. The third-order valence-electron chi connectivity index (χ3n) is 4.47. The molecule has 7 heteroatoms. The summed E-state index contributed by atoms with van der Waals surface area (Å²) in [6.45, 7) is 5.07. The summed E-state index contributed by atoms with van der Waals surface area (Å²) in [5.74, 6) is -0.335. The van der Waals surface area contributed by atoms with Gasteiger partial charge in [-0.25, -0.2) is 9.37 Å². The number of benzene rings is 1. The van der Waals surface area contributed by atoms with E-state index in [0.717, 1.165) is 25.9 Å². The zero-order valence-electron chi connectivity index (χ0n) is 15.4. The molecule has 0 saturated carbocycles. The third kappa shape index (κ3) is 4.60. The Labute approximate surface area is 162 Å². The number of carbonyl (C=O) groups is 2. The van der Waals surface area contributed by atoms with Crippen LogP contribution in [0.3, 0.4) is 0 Å². The van der Waals surface area contributed by atoms with Crippen molar-refractivity contribution in [2.45, 2.75) is 26.7 Å². The van der Waals surface area contributed by atoms with Gasteiger partial charge in [-0.05, 0) is 37.0 Å². The fraction of sp³-hybridized carbons (Fsp3) is 0.350. The summed E-state index contributed by atoms with van der Waals surface area (Å²) in [6, 6.07) is 6.08. The molecule has 1 aromatic carbocycles. The first kappa shape index (κ1) is 19.2. The average Bonchev–Trinajstić information content (AvgIpc) is 3.09. The van der Waals surface area contributed by atoms with Crippen LogP contribution in [0.4, 0.5) is 15.2 Å². The van der Waals surface area contributed by atoms with Crippen LogP contribution in [-0.4, -0.2) is 34.8 Å². The number of piperidine rings is 1. The molecular formula is C20H22FN3O2S. The molecule has 2 amide bonds. The molecule has 1 saturated heterocycles. The van der Waals surface area contributed by atoms with Gasteiger partial charge in [-0.1, -0.05) is 19.1 Å². The molecule has 0 aliphatic carbocycles. The topological polar surface area (TPSA) is 53.5 Å². The van der Waals surface area contributed by atoms with Crippen molar-refractivity contribution in [1.29, 1.82) is 0 Å². The molecule has 27 heavy (non-hydrogen) atoms. The minimum atomic E-state index is -0.491. The summed E-state index contributed by atoms with van der Waals surface area (Å²) in [5, 5.41) is 2.11. The number of carbonyl (C=O) groups excluding carboxylic acids is 2. The van der Waals surface area contributed by atoms with Gasteiger partial charge in [-0.3, -0.25) is 14.5 Å². The summed E-state index contributed by atoms with van der Waals surface area (Å²) >= 11 is 1.23. The highest BCUT2D eigenvalue weighted by atomic mass is 32.1. The Kier molecular flexibility index (Phi) is 6.01. The van der Waals surface area contributed by atoms with Crippen LogP contribution in [0.2, 0.25) is 0 Å². The van der Waals surface area contributed by atoms with E-state index in [4.69, 9.17) is 0 Å². The number of anilines is 2. The second-order valence-corrected chi connectivity index (χ2v) is 7.56. The average molecular weight is 387 g/mol. The van der Waals surface area contributed by atoms with Gasteiger partial charge in [0.05, 0.1) is 11.4 Å². The summed E-state index contributed by atoms with van der Waals surface area (Å²) < 4.78 is 14.1. The van der Waals surface area contributed by atoms with Crippen molar-refractivity contribution in [3.8, 4) is 0 Å². The first-order valence-electron chi connectivity index (χ1n) is 8.93. The lowest BCUT2D eigenvalue weighted by atomic mass is 10.0. The molecule has 2 aromatic rings. The van der Waals surface area contributed by atoms with Crippen LogP contribution < -0.4 is 4.90 Å². The van der Waals surface area contributed by atoms with Crippen LogP contribution in [-0.2, 0) is 9.59 Å². The van der Waals surface area contributed by atoms with Crippen molar-refractivity contribution in [3.63, 3.8) is 0 Å². The van der Waals surface area contributed by atoms with Gasteiger partial charge in [0, 0.05) is 31.5 Å². The van der Waals surface area contributed by atoms with E-state index in [9.17, 15) is 14.0 Å². The molecule has 0 spiro atoms. The standard InChI is InChI=1S/C20H22FN3O2S/c1-14-6-5-11-23(12-14)19(26)10-9-16-13-27-20(22-16)24(15(2)25)18-8-4-3-7-17(18)21/h3-4,7-10,13-14H,5-6,11-12H2,1-2H3/b10-9+. The van der Waals surface area contributed by atoms with Crippen LogP contribution in [0.15, 0.2) is 35.7 Å². The maximum Gasteiger partial charge on any atom is 0.246 e. The lowest BCUT2D eigenvalue weighted by Gasteiger charge is -2.30. The Hall–Kier alpha value is -2.54. The smallest absolute Gasteiger partial charge is 0.246 e. The van der Waals surface area contributed by atoms with Crippen LogP contribution in [0, 0.1) is 11.7 Å². The van der Waals surface area contributed by atoms with E-state index in [1.54, 1.807) is 23.6 Å². The molecule has 0 radical (unpaired) electrons. The Morgan fingerprint density at radius 1 is 1.37 bits per heavy atom. The van der Waals surface area contributed by atoms with Gasteiger partial charge in [-0.2, -0.15) is 0 Å². The van der Waals surface area contributed by atoms with E-state index in [-0.39, 0.29) is 17.5 Å². The van der Waals surface area contributed by atoms with E-state index in [1.165, 1.54) is 41.4 Å². The maximum atomic E-state index is 14.1. The second-order valence-electron chi connectivity index (χ2n) is 6.73. The maximum absolute atomic E-state index is 14.1. The zero-order chi connectivity index (χ0) is 19.4. The molecule has 2 heterocycles. The molecule has 0 N–H and O–H groups in total. The number of hydrogen-bond donors (Lipinski definition) is 0. The van der Waals surface area contributed by atoms with Gasteiger partial charge in [0.25, 0.3) is 0 Å². The van der Waals surface area contributed by atoms with Crippen molar-refractivity contribution in [3.05, 3.63) is 47.2 Å². The summed E-state index contributed by atoms with van der Waals surface area (Å²) in [4.78, 5) is 31.9. The molecule has 3 rings (SSSR count). The number of nitrogens with zero attached hydrogens (tertiary/aromatic N) is 3. The Morgan fingerprint density at radius 2 is 2.15 bits per heavy atom. The highest BCUT2D eigenvalue weighted by molar-refractivity contribution is 7.14. The van der Waals surface area contributed by atoms with Crippen molar-refractivity contribution >= 4 is 40.0 Å². The summed E-state index contributed by atoms with van der Waals surface area (Å²) in [5.41, 5.74) is 0.726. The van der Waals surface area contributed by atoms with E-state index in [2.05, 4.69) is 11.9 Å². The molecular weight excluding hydrogens is 365 g/mol. The Morgan fingerprint density at radius 3 is 2.85 bits per heavy atom. The van der Waals surface area contributed by atoms with Crippen LogP contribution in [0.25, 0.3) is 6.08 Å². The first-order valence-corrected chi connectivity index (χ1v) is 9.81. The predicted molar refractivity (Wildman–Crippen MR) is 105 cm³/mol. The summed E-state index contributed by atoms with van der Waals surface area (Å²) in [6.07, 6.45) is 5.33. The minimum absolute atomic E-state index is 0.0337. The fourth-order valence-corrected chi connectivity index (χ4v) is 4.00. The van der Waals surface area contributed by atoms with Crippen LogP contribution in [0.5, 0.6) is 0 Å². The number of thiazole rings is 1. The Balaban J connectivity index is 1.76. The number of hydrogen-bond acceptors (Lipinski definition) is 4. The molecule has 0 bridgehead atoms. The number of halogens is 1. The van der Waals surface area contributed by atoms with Crippen LogP contribution in [0.1, 0.15) is 32.4 Å². The highest BCUT2D eigenvalue weighted by Crippen LogP contribution is 2.31. The lowest BCUT2D eigenvalue weighted by molar-refractivity contribution is -0.127. The SMILES string of the molecule is CC(=O)N(c1nc(/C=C/C(=O)N2CCCC(C)C2)cs1)c1ccccc1F. The quantitative estimate of drug-likeness (QED) is 0.738. The van der Waals surface area contributed by atoms with Gasteiger partial charge >= 0.3 is 0 Å². The normalized spacial score (nSPS) is 17.3. The number of aromatic nitrogens is 1. The second kappa shape index (κ2) is 8.43. The molecule has 5 nitrogen and oxygen atoms in total. The van der Waals surface area contributed by atoms with Gasteiger partial charge < -0.3 is 4.90 Å². The van der Waals surface area contributed by atoms with Crippen molar-refractivity contribution in [1.82, 2.24) is 9.88 Å². The fourth-order valence-electron chi connectivity index (χ4n) is 3.15. The molecule has 1 aliphatic heterocycles. The van der Waals surface area contributed by atoms with Gasteiger partial charge in [0.1, 0.15) is 5.82 Å². The monoisotopic (exact) mass is 387 g/mol. The molecule has 1 unspecified atom stereocenters. The molecule has 1 aromatic heterocycles. The van der Waals surface area contributed by atoms with Crippen molar-refractivity contribution in [2.24, 2.45) is 5.92 Å². The Bertz CT molecular complexity index is 864.